The van der Waals surface area contributed by atoms with Gasteiger partial charge in [-0.25, -0.2) is 4.98 Å². The van der Waals surface area contributed by atoms with E-state index in [-0.39, 0.29) is 47.4 Å². The highest BCUT2D eigenvalue weighted by molar-refractivity contribution is 5.64. The number of hydrogen-bond acceptors (Lipinski definition) is 11. The summed E-state index contributed by atoms with van der Waals surface area (Å²) in [7, 11) is 0. The number of allylic oxidation sites excluding steroid dienone is 3. The first kappa shape index (κ1) is 32.3. The third-order valence-electron chi connectivity index (χ3n) is 7.92. The average molecular weight is 573 g/mol. The molecule has 0 radical (unpaired) electrons. The number of nitrogens with one attached hydrogen (secondary N) is 1. The van der Waals surface area contributed by atoms with Crippen LogP contribution in [0.3, 0.4) is 0 Å². The Kier molecular flexibility index (Phi) is 11.9. The SMILES string of the molecule is CC.CC/C(=C\C=C(/C)O)C(CO)N1CCC(N2CCN(c3nc(N)c(-c4nnc(C)o4)[nH]c3=O)CC2CC)CC1. The van der Waals surface area contributed by atoms with Gasteiger partial charge in [0.25, 0.3) is 11.4 Å². The highest BCUT2D eigenvalue weighted by atomic mass is 16.4. The number of nitrogens with zero attached hydrogens (tertiary/aromatic N) is 6. The maximum Gasteiger partial charge on any atom is 0.291 e. The Morgan fingerprint density at radius 2 is 1.88 bits per heavy atom. The normalized spacial score (nSPS) is 20.6. The van der Waals surface area contributed by atoms with E-state index in [9.17, 15) is 15.0 Å². The van der Waals surface area contributed by atoms with Crippen LogP contribution in [0.5, 0.6) is 0 Å². The molecule has 2 aliphatic rings. The van der Waals surface area contributed by atoms with E-state index < -0.39 is 0 Å². The van der Waals surface area contributed by atoms with Crippen molar-refractivity contribution >= 4 is 11.6 Å². The zero-order valence-corrected chi connectivity index (χ0v) is 25.4. The number of H-pyrrole nitrogens is 1. The summed E-state index contributed by atoms with van der Waals surface area (Å²) in [5.41, 5.74) is 7.22. The molecule has 0 bridgehead atoms. The Labute approximate surface area is 243 Å². The summed E-state index contributed by atoms with van der Waals surface area (Å²) in [6.07, 6.45) is 7.45. The minimum atomic E-state index is -0.326. The summed E-state index contributed by atoms with van der Waals surface area (Å²) in [4.78, 5) is 27.2. The topological polar surface area (TPSA) is 161 Å². The number of likely N-dealkylation sites (tertiary alicyclic amines) is 1. The van der Waals surface area contributed by atoms with E-state index >= 15 is 0 Å². The number of anilines is 2. The molecule has 0 saturated carbocycles. The van der Waals surface area contributed by atoms with Crippen LogP contribution < -0.4 is 16.2 Å². The molecule has 0 aromatic carbocycles. The minimum absolute atomic E-state index is 0.0346. The van der Waals surface area contributed by atoms with Gasteiger partial charge in [0.1, 0.15) is 5.69 Å². The minimum Gasteiger partial charge on any atom is -0.513 e. The molecule has 5 N–H and O–H groups in total. The third kappa shape index (κ3) is 7.75. The van der Waals surface area contributed by atoms with Gasteiger partial charge in [0.2, 0.25) is 5.89 Å². The quantitative estimate of drug-likeness (QED) is 0.258. The van der Waals surface area contributed by atoms with Gasteiger partial charge in [-0.15, -0.1) is 10.2 Å². The van der Waals surface area contributed by atoms with Crippen molar-refractivity contribution in [1.82, 2.24) is 30.0 Å². The van der Waals surface area contributed by atoms with Crippen LogP contribution in [0.25, 0.3) is 11.6 Å². The average Bonchev–Trinajstić information content (AvgIpc) is 3.42. The monoisotopic (exact) mass is 572 g/mol. The lowest BCUT2D eigenvalue weighted by molar-refractivity contribution is 0.0433. The van der Waals surface area contributed by atoms with Crippen molar-refractivity contribution < 1.29 is 14.6 Å². The molecule has 12 heteroatoms. The number of aromatic amines is 1. The number of piperidine rings is 1. The van der Waals surface area contributed by atoms with E-state index in [1.807, 2.05) is 24.8 Å². The van der Waals surface area contributed by atoms with Gasteiger partial charge in [-0.3, -0.25) is 14.6 Å². The molecule has 12 nitrogen and oxygen atoms in total. The molecule has 4 heterocycles. The lowest BCUT2D eigenvalue weighted by atomic mass is 9.95. The van der Waals surface area contributed by atoms with Gasteiger partial charge in [0.05, 0.1) is 18.4 Å². The van der Waals surface area contributed by atoms with Gasteiger partial charge in [-0.2, -0.15) is 0 Å². The van der Waals surface area contributed by atoms with E-state index in [0.717, 1.165) is 50.9 Å². The van der Waals surface area contributed by atoms with E-state index in [0.29, 0.717) is 30.8 Å². The first-order valence-corrected chi connectivity index (χ1v) is 14.9. The molecule has 2 aromatic heterocycles. The number of hydrogen-bond donors (Lipinski definition) is 4. The molecule has 4 rings (SSSR count). The Hall–Kier alpha value is -3.22. The van der Waals surface area contributed by atoms with E-state index in [2.05, 4.69) is 43.8 Å². The Bertz CT molecular complexity index is 1230. The van der Waals surface area contributed by atoms with Crippen molar-refractivity contribution in [2.24, 2.45) is 0 Å². The molecule has 2 unspecified atom stereocenters. The molecular weight excluding hydrogens is 524 g/mol. The molecule has 2 atom stereocenters. The maximum absolute atomic E-state index is 13.0. The third-order valence-corrected chi connectivity index (χ3v) is 7.92. The number of rotatable bonds is 9. The fourth-order valence-corrected chi connectivity index (χ4v) is 5.82. The first-order chi connectivity index (χ1) is 19.7. The van der Waals surface area contributed by atoms with Gasteiger partial charge in [0.15, 0.2) is 11.6 Å². The number of piperazine rings is 1. The van der Waals surface area contributed by atoms with Crippen LogP contribution in [0.4, 0.5) is 11.6 Å². The predicted molar refractivity (Wildman–Crippen MR) is 162 cm³/mol. The van der Waals surface area contributed by atoms with Gasteiger partial charge < -0.3 is 30.2 Å². The van der Waals surface area contributed by atoms with Crippen molar-refractivity contribution in [3.05, 3.63) is 39.7 Å². The van der Waals surface area contributed by atoms with E-state index in [1.54, 1.807) is 19.9 Å². The fraction of sp³-hybridized carbons (Fsp3) is 0.655. The summed E-state index contributed by atoms with van der Waals surface area (Å²) >= 11 is 0. The van der Waals surface area contributed by atoms with Crippen LogP contribution in [0, 0.1) is 6.92 Å². The fourth-order valence-electron chi connectivity index (χ4n) is 5.82. The number of nitrogen functional groups attached to an aromatic ring is 1. The largest absolute Gasteiger partial charge is 0.513 e. The Balaban J connectivity index is 0.00000226. The lowest BCUT2D eigenvalue weighted by Crippen LogP contribution is -2.59. The smallest absolute Gasteiger partial charge is 0.291 e. The molecule has 228 valence electrons. The number of aliphatic hydroxyl groups is 2. The van der Waals surface area contributed by atoms with Gasteiger partial charge >= 0.3 is 0 Å². The van der Waals surface area contributed by atoms with Crippen LogP contribution in [0.15, 0.2) is 32.7 Å². The molecule has 2 aromatic rings. The Morgan fingerprint density at radius 1 is 1.17 bits per heavy atom. The molecule has 2 aliphatic heterocycles. The molecule has 0 spiro atoms. The van der Waals surface area contributed by atoms with Crippen molar-refractivity contribution in [3.63, 3.8) is 0 Å². The molecule has 2 fully saturated rings. The molecular formula is C29H48N8O4. The standard InChI is InChI=1S/C27H42N8O4.C2H6/c1-5-19(8-7-17(3)37)22(16-36)33-11-9-21(10-12-33)35-14-13-34(15-20(35)6-2)25-26(38)29-23(24(28)30-25)27-32-31-18(4)39-27;1-2/h7-8,20-22,36-37H,5-6,9-16H2,1-4H3,(H2,28,30)(H,29,38);1-2H3/b17-7+,19-8+;. The van der Waals surface area contributed by atoms with Crippen LogP contribution in [-0.2, 0) is 0 Å². The van der Waals surface area contributed by atoms with Crippen molar-refractivity contribution in [3.8, 4) is 11.6 Å². The van der Waals surface area contributed by atoms with E-state index in [4.69, 9.17) is 10.2 Å². The summed E-state index contributed by atoms with van der Waals surface area (Å²) in [6, 6.07) is 0.696. The Morgan fingerprint density at radius 3 is 2.44 bits per heavy atom. The summed E-state index contributed by atoms with van der Waals surface area (Å²) < 4.78 is 5.41. The van der Waals surface area contributed by atoms with Gasteiger partial charge in [-0.05, 0) is 38.7 Å². The summed E-state index contributed by atoms with van der Waals surface area (Å²) in [5.74, 6) is 1.26. The van der Waals surface area contributed by atoms with Gasteiger partial charge in [0, 0.05) is 51.7 Å². The van der Waals surface area contributed by atoms with Crippen LogP contribution >= 0.6 is 0 Å². The van der Waals surface area contributed by atoms with Crippen molar-refractivity contribution in [1.29, 1.82) is 0 Å². The predicted octanol–water partition coefficient (Wildman–Crippen LogP) is 3.26. The summed E-state index contributed by atoms with van der Waals surface area (Å²) in [5, 5.41) is 27.5. The number of nitrogens with two attached hydrogens (primary N) is 1. The van der Waals surface area contributed by atoms with Crippen LogP contribution in [0.2, 0.25) is 0 Å². The molecule has 0 amide bonds. The number of aliphatic hydroxyl groups excluding tert-OH is 2. The van der Waals surface area contributed by atoms with Gasteiger partial charge in [-0.1, -0.05) is 39.3 Å². The van der Waals surface area contributed by atoms with Crippen molar-refractivity contribution in [2.75, 3.05) is 50.0 Å². The first-order valence-electron chi connectivity index (χ1n) is 14.9. The molecule has 2 saturated heterocycles. The highest BCUT2D eigenvalue weighted by Gasteiger charge is 2.35. The van der Waals surface area contributed by atoms with Crippen LogP contribution in [-0.4, -0.2) is 97.6 Å². The van der Waals surface area contributed by atoms with E-state index in [1.165, 1.54) is 0 Å². The second kappa shape index (κ2) is 15.1. The second-order valence-electron chi connectivity index (χ2n) is 10.4. The van der Waals surface area contributed by atoms with Crippen LogP contribution in [0.1, 0.15) is 66.2 Å². The number of aromatic nitrogens is 4. The van der Waals surface area contributed by atoms with Crippen molar-refractivity contribution in [2.45, 2.75) is 85.4 Å². The molecule has 41 heavy (non-hydrogen) atoms. The lowest BCUT2D eigenvalue weighted by Gasteiger charge is -2.48. The number of aryl methyl sites for hydroxylation is 1. The molecule has 0 aliphatic carbocycles. The zero-order valence-electron chi connectivity index (χ0n) is 25.4. The zero-order chi connectivity index (χ0) is 30.1. The maximum atomic E-state index is 13.0. The summed E-state index contributed by atoms with van der Waals surface area (Å²) in [6.45, 7) is 15.7. The highest BCUT2D eigenvalue weighted by Crippen LogP contribution is 2.28. The second-order valence-corrected chi connectivity index (χ2v) is 10.4.